The Hall–Kier alpha value is -1.88. The average molecular weight is 318 g/mol. The quantitative estimate of drug-likeness (QED) is 0.818. The summed E-state index contributed by atoms with van der Waals surface area (Å²) in [6.45, 7) is 0. The van der Waals surface area contributed by atoms with E-state index in [1.165, 1.54) is 38.5 Å². The molecule has 0 radical (unpaired) electrons. The highest BCUT2D eigenvalue weighted by Crippen LogP contribution is 2.24. The second-order valence-corrected chi connectivity index (χ2v) is 6.01. The topological polar surface area (TPSA) is 62.7 Å². The van der Waals surface area contributed by atoms with Crippen molar-refractivity contribution in [1.29, 1.82) is 0 Å². The molecule has 1 fully saturated rings. The second kappa shape index (κ2) is 7.40. The summed E-state index contributed by atoms with van der Waals surface area (Å²) in [5.41, 5.74) is 0.810. The first-order chi connectivity index (χ1) is 10.8. The number of nitrogens with one attached hydrogen (secondary N) is 2. The first kappa shape index (κ1) is 15.0. The minimum Gasteiger partial charge on any atom is -0.350 e. The summed E-state index contributed by atoms with van der Waals surface area (Å²) in [4.78, 5) is 4.48. The van der Waals surface area contributed by atoms with Gasteiger partial charge >= 0.3 is 0 Å². The van der Waals surface area contributed by atoms with Gasteiger partial charge in [-0.25, -0.2) is 0 Å². The first-order valence-electron chi connectivity index (χ1n) is 7.79. The van der Waals surface area contributed by atoms with Crippen LogP contribution in [0.3, 0.4) is 0 Å². The standard InChI is InChI=1S/C16H20ClN5/c17-13-9-5-6-10-14(13)20-15-11-18-22-16(21-15)19-12-7-3-1-2-4-8-12/h5-6,9-12H,1-4,7-8H2,(H2,19,20,21,22). The molecule has 0 amide bonds. The van der Waals surface area contributed by atoms with Crippen LogP contribution in [0.15, 0.2) is 30.5 Å². The van der Waals surface area contributed by atoms with Crippen molar-refractivity contribution in [2.45, 2.75) is 44.6 Å². The molecular formula is C16H20ClN5. The van der Waals surface area contributed by atoms with Crippen LogP contribution < -0.4 is 10.6 Å². The molecule has 1 aliphatic carbocycles. The molecule has 116 valence electrons. The number of para-hydroxylation sites is 1. The summed E-state index contributed by atoms with van der Waals surface area (Å²) in [7, 11) is 0. The summed E-state index contributed by atoms with van der Waals surface area (Å²) in [5.74, 6) is 1.21. The van der Waals surface area contributed by atoms with Gasteiger partial charge in [0.15, 0.2) is 5.82 Å². The van der Waals surface area contributed by atoms with Crippen LogP contribution in [-0.4, -0.2) is 21.2 Å². The molecule has 0 aliphatic heterocycles. The Labute approximate surface area is 135 Å². The van der Waals surface area contributed by atoms with E-state index >= 15 is 0 Å². The molecule has 1 saturated carbocycles. The Morgan fingerprint density at radius 1 is 1.05 bits per heavy atom. The summed E-state index contributed by atoms with van der Waals surface area (Å²) >= 11 is 6.15. The number of hydrogen-bond acceptors (Lipinski definition) is 5. The van der Waals surface area contributed by atoms with E-state index in [2.05, 4.69) is 25.8 Å². The van der Waals surface area contributed by atoms with Gasteiger partial charge in [0.2, 0.25) is 5.95 Å². The zero-order valence-electron chi connectivity index (χ0n) is 12.4. The predicted molar refractivity (Wildman–Crippen MR) is 89.7 cm³/mol. The van der Waals surface area contributed by atoms with Crippen molar-refractivity contribution in [1.82, 2.24) is 15.2 Å². The van der Waals surface area contributed by atoms with Crippen LogP contribution >= 0.6 is 11.6 Å². The van der Waals surface area contributed by atoms with Crippen LogP contribution in [-0.2, 0) is 0 Å². The zero-order chi connectivity index (χ0) is 15.2. The van der Waals surface area contributed by atoms with E-state index in [9.17, 15) is 0 Å². The van der Waals surface area contributed by atoms with Gasteiger partial charge in [0.05, 0.1) is 16.9 Å². The van der Waals surface area contributed by atoms with Gasteiger partial charge in [0, 0.05) is 6.04 Å². The second-order valence-electron chi connectivity index (χ2n) is 5.60. The van der Waals surface area contributed by atoms with Gasteiger partial charge in [0.25, 0.3) is 0 Å². The minimum atomic E-state index is 0.444. The van der Waals surface area contributed by atoms with Gasteiger partial charge in [0.1, 0.15) is 0 Å². The van der Waals surface area contributed by atoms with E-state index in [0.29, 0.717) is 22.8 Å². The van der Waals surface area contributed by atoms with E-state index in [-0.39, 0.29) is 0 Å². The Morgan fingerprint density at radius 2 is 1.82 bits per heavy atom. The fourth-order valence-electron chi connectivity index (χ4n) is 2.73. The maximum absolute atomic E-state index is 6.15. The van der Waals surface area contributed by atoms with E-state index in [4.69, 9.17) is 11.6 Å². The van der Waals surface area contributed by atoms with Gasteiger partial charge in [-0.1, -0.05) is 49.4 Å². The van der Waals surface area contributed by atoms with Gasteiger partial charge in [-0.3, -0.25) is 0 Å². The van der Waals surface area contributed by atoms with Crippen molar-refractivity contribution in [3.8, 4) is 0 Å². The molecule has 6 heteroatoms. The molecule has 0 bridgehead atoms. The molecule has 0 saturated heterocycles. The molecule has 1 aromatic heterocycles. The van der Waals surface area contributed by atoms with Crippen LogP contribution in [0, 0.1) is 0 Å². The molecule has 0 unspecified atom stereocenters. The fraction of sp³-hybridized carbons (Fsp3) is 0.438. The van der Waals surface area contributed by atoms with Crippen molar-refractivity contribution in [3.05, 3.63) is 35.5 Å². The SMILES string of the molecule is Clc1ccccc1Nc1cnnc(NC2CCCCCC2)n1. The molecule has 1 aliphatic rings. The molecule has 0 spiro atoms. The van der Waals surface area contributed by atoms with E-state index in [1.807, 2.05) is 24.3 Å². The number of anilines is 3. The normalized spacial score (nSPS) is 16.0. The van der Waals surface area contributed by atoms with Gasteiger partial charge < -0.3 is 10.6 Å². The fourth-order valence-corrected chi connectivity index (χ4v) is 2.91. The largest absolute Gasteiger partial charge is 0.350 e. The Balaban J connectivity index is 1.68. The Morgan fingerprint density at radius 3 is 2.59 bits per heavy atom. The van der Waals surface area contributed by atoms with Crippen LogP contribution in [0.25, 0.3) is 0 Å². The number of aromatic nitrogens is 3. The highest BCUT2D eigenvalue weighted by atomic mass is 35.5. The van der Waals surface area contributed by atoms with Crippen LogP contribution in [0.4, 0.5) is 17.5 Å². The van der Waals surface area contributed by atoms with E-state index in [0.717, 1.165) is 5.69 Å². The van der Waals surface area contributed by atoms with Crippen molar-refractivity contribution in [2.24, 2.45) is 0 Å². The third-order valence-corrected chi connectivity index (χ3v) is 4.21. The zero-order valence-corrected chi connectivity index (χ0v) is 13.2. The van der Waals surface area contributed by atoms with Crippen molar-refractivity contribution in [3.63, 3.8) is 0 Å². The average Bonchev–Trinajstić information content (AvgIpc) is 2.79. The Bertz CT molecular complexity index is 611. The highest BCUT2D eigenvalue weighted by Gasteiger charge is 2.13. The van der Waals surface area contributed by atoms with Gasteiger partial charge in [-0.05, 0) is 25.0 Å². The van der Waals surface area contributed by atoms with Crippen LogP contribution in [0.2, 0.25) is 5.02 Å². The van der Waals surface area contributed by atoms with Gasteiger partial charge in [-0.2, -0.15) is 10.1 Å². The Kier molecular flexibility index (Phi) is 5.06. The monoisotopic (exact) mass is 317 g/mol. The molecule has 3 rings (SSSR count). The third-order valence-electron chi connectivity index (χ3n) is 3.88. The maximum Gasteiger partial charge on any atom is 0.244 e. The third kappa shape index (κ3) is 4.07. The molecule has 2 N–H and O–H groups in total. The highest BCUT2D eigenvalue weighted by molar-refractivity contribution is 6.33. The number of benzene rings is 1. The lowest BCUT2D eigenvalue weighted by Crippen LogP contribution is -2.20. The summed E-state index contributed by atoms with van der Waals surface area (Å²) in [6, 6.07) is 8.00. The minimum absolute atomic E-state index is 0.444. The number of halogens is 1. The van der Waals surface area contributed by atoms with Crippen LogP contribution in [0.5, 0.6) is 0 Å². The van der Waals surface area contributed by atoms with E-state index in [1.54, 1.807) is 6.20 Å². The maximum atomic E-state index is 6.15. The molecule has 1 heterocycles. The van der Waals surface area contributed by atoms with Crippen LogP contribution in [0.1, 0.15) is 38.5 Å². The number of hydrogen-bond donors (Lipinski definition) is 2. The summed E-state index contributed by atoms with van der Waals surface area (Å²) < 4.78 is 0. The lowest BCUT2D eigenvalue weighted by Gasteiger charge is -2.16. The van der Waals surface area contributed by atoms with Crippen molar-refractivity contribution < 1.29 is 0 Å². The first-order valence-corrected chi connectivity index (χ1v) is 8.17. The molecule has 1 aromatic carbocycles. The molecule has 5 nitrogen and oxygen atoms in total. The molecule has 22 heavy (non-hydrogen) atoms. The molecule has 2 aromatic rings. The summed E-state index contributed by atoms with van der Waals surface area (Å²) in [5, 5.41) is 15.3. The van der Waals surface area contributed by atoms with Gasteiger partial charge in [-0.15, -0.1) is 5.10 Å². The summed E-state index contributed by atoms with van der Waals surface area (Å²) in [6.07, 6.45) is 9.13. The van der Waals surface area contributed by atoms with E-state index < -0.39 is 0 Å². The molecular weight excluding hydrogens is 298 g/mol. The number of nitrogens with zero attached hydrogens (tertiary/aromatic N) is 3. The molecule has 0 atom stereocenters. The smallest absolute Gasteiger partial charge is 0.244 e. The predicted octanol–water partition coefficient (Wildman–Crippen LogP) is 4.40. The van der Waals surface area contributed by atoms with Crippen molar-refractivity contribution >= 4 is 29.1 Å². The van der Waals surface area contributed by atoms with Crippen molar-refractivity contribution in [2.75, 3.05) is 10.6 Å². The number of rotatable bonds is 4. The lowest BCUT2D eigenvalue weighted by atomic mass is 10.1. The lowest BCUT2D eigenvalue weighted by molar-refractivity contribution is 0.613.